The van der Waals surface area contributed by atoms with Gasteiger partial charge in [0.2, 0.25) is 11.8 Å². The summed E-state index contributed by atoms with van der Waals surface area (Å²) in [6.45, 7) is 0.441. The van der Waals surface area contributed by atoms with Gasteiger partial charge in [-0.1, -0.05) is 55.0 Å². The molecule has 194 valence electrons. The number of hydrogen-bond acceptors (Lipinski definition) is 7. The maximum Gasteiger partial charge on any atom is 0.308 e. The van der Waals surface area contributed by atoms with Gasteiger partial charge in [-0.2, -0.15) is 0 Å². The molecular formula is C30H29FN4O3. The zero-order valence-corrected chi connectivity index (χ0v) is 21.1. The highest BCUT2D eigenvalue weighted by Crippen LogP contribution is 2.30. The third-order valence-electron chi connectivity index (χ3n) is 6.72. The smallest absolute Gasteiger partial charge is 0.308 e. The molecule has 1 fully saturated rings. The van der Waals surface area contributed by atoms with Crippen LogP contribution in [0.1, 0.15) is 31.2 Å². The fourth-order valence-corrected chi connectivity index (χ4v) is 4.74. The second kappa shape index (κ2) is 11.8. The number of carbonyl (C=O) groups excluding carboxylic acids is 1. The molecule has 1 saturated carbocycles. The van der Waals surface area contributed by atoms with Gasteiger partial charge >= 0.3 is 5.97 Å². The summed E-state index contributed by atoms with van der Waals surface area (Å²) in [7, 11) is 1.41. The van der Waals surface area contributed by atoms with E-state index in [4.69, 9.17) is 9.47 Å². The van der Waals surface area contributed by atoms with Crippen LogP contribution in [0.15, 0.2) is 79.1 Å². The first-order chi connectivity index (χ1) is 18.6. The minimum atomic E-state index is -0.508. The molecular weight excluding hydrogens is 483 g/mol. The standard InChI is InChI=1S/C30H29FN4O3/c1-37-29(36)23-11-6-12-25(16-23)34-30-33-18-26(31)28(35-30)22-10-5-9-21(15-22)24-13-14-27(32-17-24)38-19-20-7-3-2-4-8-20/h2-5,7-10,13-15,17-18,23,25H,6,11-12,16,19H2,1H3,(H,33,34,35)/t23-,25+/m0/s1. The number of esters is 1. The number of hydrogen-bond donors (Lipinski definition) is 1. The van der Waals surface area contributed by atoms with Gasteiger partial charge in [-0.15, -0.1) is 0 Å². The summed E-state index contributed by atoms with van der Waals surface area (Å²) in [6, 6.07) is 21.2. The largest absolute Gasteiger partial charge is 0.473 e. The molecule has 7 nitrogen and oxygen atoms in total. The van der Waals surface area contributed by atoms with E-state index in [9.17, 15) is 9.18 Å². The first-order valence-corrected chi connectivity index (χ1v) is 12.7. The van der Waals surface area contributed by atoms with Gasteiger partial charge in [-0.3, -0.25) is 4.79 Å². The Morgan fingerprint density at radius 2 is 1.82 bits per heavy atom. The van der Waals surface area contributed by atoms with Crippen LogP contribution in [-0.2, 0) is 16.1 Å². The van der Waals surface area contributed by atoms with Crippen molar-refractivity contribution in [1.29, 1.82) is 0 Å². The van der Waals surface area contributed by atoms with Gasteiger partial charge in [0.25, 0.3) is 0 Å². The number of halogens is 1. The van der Waals surface area contributed by atoms with Crippen LogP contribution in [0.4, 0.5) is 10.3 Å². The lowest BCUT2D eigenvalue weighted by molar-refractivity contribution is -0.146. The van der Waals surface area contributed by atoms with Crippen molar-refractivity contribution in [3.8, 4) is 28.3 Å². The Morgan fingerprint density at radius 1 is 0.974 bits per heavy atom. The highest BCUT2D eigenvalue weighted by atomic mass is 19.1. The zero-order valence-electron chi connectivity index (χ0n) is 21.1. The fourth-order valence-electron chi connectivity index (χ4n) is 4.74. The van der Waals surface area contributed by atoms with Gasteiger partial charge in [0.15, 0.2) is 5.82 Å². The molecule has 1 aliphatic rings. The number of anilines is 1. The number of benzene rings is 2. The molecule has 0 bridgehead atoms. The van der Waals surface area contributed by atoms with Crippen LogP contribution in [0.2, 0.25) is 0 Å². The molecule has 2 atom stereocenters. The molecule has 0 unspecified atom stereocenters. The Balaban J connectivity index is 1.29. The first kappa shape index (κ1) is 25.3. The number of carbonyl (C=O) groups is 1. The van der Waals surface area contributed by atoms with Crippen LogP contribution in [0, 0.1) is 11.7 Å². The zero-order chi connectivity index (χ0) is 26.3. The minimum Gasteiger partial charge on any atom is -0.473 e. The average Bonchev–Trinajstić information content (AvgIpc) is 2.97. The van der Waals surface area contributed by atoms with Crippen molar-refractivity contribution in [2.24, 2.45) is 5.92 Å². The van der Waals surface area contributed by atoms with E-state index >= 15 is 0 Å². The molecule has 0 spiro atoms. The van der Waals surface area contributed by atoms with E-state index in [1.54, 1.807) is 6.20 Å². The number of aromatic nitrogens is 3. The maximum absolute atomic E-state index is 14.8. The quantitative estimate of drug-likeness (QED) is 0.287. The second-order valence-corrected chi connectivity index (χ2v) is 9.36. The third-order valence-corrected chi connectivity index (χ3v) is 6.72. The van der Waals surface area contributed by atoms with Gasteiger partial charge in [-0.25, -0.2) is 19.3 Å². The average molecular weight is 513 g/mol. The lowest BCUT2D eigenvalue weighted by atomic mass is 9.86. The first-order valence-electron chi connectivity index (χ1n) is 12.7. The third kappa shape index (κ3) is 6.14. The van der Waals surface area contributed by atoms with Gasteiger partial charge in [-0.05, 0) is 42.5 Å². The highest BCUT2D eigenvalue weighted by Gasteiger charge is 2.28. The van der Waals surface area contributed by atoms with Crippen LogP contribution in [0.25, 0.3) is 22.4 Å². The maximum atomic E-state index is 14.8. The van der Waals surface area contributed by atoms with E-state index < -0.39 is 5.82 Å². The predicted molar refractivity (Wildman–Crippen MR) is 143 cm³/mol. The van der Waals surface area contributed by atoms with E-state index in [2.05, 4.69) is 20.3 Å². The molecule has 2 aromatic heterocycles. The number of methoxy groups -OCH3 is 1. The topological polar surface area (TPSA) is 86.2 Å². The van der Waals surface area contributed by atoms with E-state index in [-0.39, 0.29) is 23.6 Å². The number of nitrogens with one attached hydrogen (secondary N) is 1. The van der Waals surface area contributed by atoms with Crippen molar-refractivity contribution in [3.63, 3.8) is 0 Å². The van der Waals surface area contributed by atoms with Gasteiger partial charge < -0.3 is 14.8 Å². The SMILES string of the molecule is COC(=O)[C@H]1CCC[C@@H](Nc2ncc(F)c(-c3cccc(-c4ccc(OCc5ccccc5)nc4)c3)n2)C1. The van der Waals surface area contributed by atoms with Crippen molar-refractivity contribution in [2.75, 3.05) is 12.4 Å². The van der Waals surface area contributed by atoms with E-state index in [1.807, 2.05) is 66.7 Å². The Kier molecular flexibility index (Phi) is 7.87. The summed E-state index contributed by atoms with van der Waals surface area (Å²) in [5.74, 6) is 0.0184. The Hall–Kier alpha value is -4.33. The van der Waals surface area contributed by atoms with Crippen molar-refractivity contribution in [3.05, 3.63) is 90.5 Å². The molecule has 2 heterocycles. The second-order valence-electron chi connectivity index (χ2n) is 9.36. The summed E-state index contributed by atoms with van der Waals surface area (Å²) >= 11 is 0. The summed E-state index contributed by atoms with van der Waals surface area (Å²) in [4.78, 5) is 25.0. The van der Waals surface area contributed by atoms with Crippen LogP contribution in [-0.4, -0.2) is 34.1 Å². The van der Waals surface area contributed by atoms with Crippen molar-refractivity contribution in [2.45, 2.75) is 38.3 Å². The minimum absolute atomic E-state index is 0.0196. The fraction of sp³-hybridized carbons (Fsp3) is 0.267. The molecule has 0 aliphatic heterocycles. The van der Waals surface area contributed by atoms with Crippen LogP contribution in [0.3, 0.4) is 0 Å². The number of ether oxygens (including phenoxy) is 2. The van der Waals surface area contributed by atoms with Crippen molar-refractivity contribution >= 4 is 11.9 Å². The monoisotopic (exact) mass is 512 g/mol. The Labute approximate surface area is 221 Å². The number of pyridine rings is 1. The Bertz CT molecular complexity index is 1380. The predicted octanol–water partition coefficient (Wildman–Crippen LogP) is 6.07. The Morgan fingerprint density at radius 3 is 2.61 bits per heavy atom. The molecule has 0 radical (unpaired) electrons. The molecule has 38 heavy (non-hydrogen) atoms. The number of rotatable bonds is 8. The van der Waals surface area contributed by atoms with E-state index in [0.717, 1.165) is 36.0 Å². The van der Waals surface area contributed by atoms with Crippen molar-refractivity contribution in [1.82, 2.24) is 15.0 Å². The molecule has 1 aliphatic carbocycles. The van der Waals surface area contributed by atoms with Gasteiger partial charge in [0, 0.05) is 29.4 Å². The lowest BCUT2D eigenvalue weighted by Crippen LogP contribution is -2.32. The number of nitrogens with zero attached hydrogens (tertiary/aromatic N) is 3. The summed E-state index contributed by atoms with van der Waals surface area (Å²) in [6.07, 6.45) is 6.15. The van der Waals surface area contributed by atoms with E-state index in [0.29, 0.717) is 30.4 Å². The van der Waals surface area contributed by atoms with Gasteiger partial charge in [0.05, 0.1) is 19.2 Å². The molecule has 1 N–H and O–H groups in total. The normalized spacial score (nSPS) is 17.0. The molecule has 0 saturated heterocycles. The molecule has 4 aromatic rings. The molecule has 2 aromatic carbocycles. The van der Waals surface area contributed by atoms with E-state index in [1.165, 1.54) is 13.3 Å². The molecule has 8 heteroatoms. The van der Waals surface area contributed by atoms with Crippen molar-refractivity contribution < 1.29 is 18.7 Å². The highest BCUT2D eigenvalue weighted by molar-refractivity contribution is 5.73. The lowest BCUT2D eigenvalue weighted by Gasteiger charge is -2.28. The van der Waals surface area contributed by atoms with Crippen LogP contribution in [0.5, 0.6) is 5.88 Å². The van der Waals surface area contributed by atoms with Crippen LogP contribution >= 0.6 is 0 Å². The summed E-state index contributed by atoms with van der Waals surface area (Å²) in [5.41, 5.74) is 3.66. The van der Waals surface area contributed by atoms with Gasteiger partial charge in [0.1, 0.15) is 12.3 Å². The van der Waals surface area contributed by atoms with Crippen LogP contribution < -0.4 is 10.1 Å². The molecule has 0 amide bonds. The summed E-state index contributed by atoms with van der Waals surface area (Å²) in [5, 5.41) is 3.28. The molecule has 5 rings (SSSR count). The summed E-state index contributed by atoms with van der Waals surface area (Å²) < 4.78 is 25.5.